The summed E-state index contributed by atoms with van der Waals surface area (Å²) >= 11 is 0. The maximum Gasteiger partial charge on any atom is 0.0620 e. The smallest absolute Gasteiger partial charge is 0.0620 e. The van der Waals surface area contributed by atoms with Gasteiger partial charge in [0.2, 0.25) is 0 Å². The average molecular weight is 636 g/mol. The molecule has 9 aromatic rings. The molecule has 0 aliphatic heterocycles. The molecule has 50 heavy (non-hydrogen) atoms. The standard InChI is InChI=1S/C49H33N/c1-49-29-12-11-23-43(49)46(39-28-27-33(31-14-3-2-4-15-31)34-16-5-6-17-35(34)39)38-19-7-8-20-40(38)47(49)32-25-26-37-42-22-13-21-41-36-18-9-10-24-44(36)50(48(41)42)45(37)30-32/h2-28,30H,29H2,1H3. The molecule has 1 nitrogen and oxygen atoms in total. The van der Waals surface area contributed by atoms with Crippen LogP contribution in [-0.2, 0) is 0 Å². The van der Waals surface area contributed by atoms with Gasteiger partial charge in [-0.3, -0.25) is 0 Å². The number of allylic oxidation sites excluding steroid dienone is 4. The van der Waals surface area contributed by atoms with Crippen LogP contribution in [0.3, 0.4) is 0 Å². The number of fused-ring (bicyclic) bond motifs is 9. The zero-order valence-corrected chi connectivity index (χ0v) is 27.8. The highest BCUT2D eigenvalue weighted by Gasteiger charge is 2.40. The van der Waals surface area contributed by atoms with Gasteiger partial charge in [-0.1, -0.05) is 165 Å². The van der Waals surface area contributed by atoms with E-state index in [1.165, 1.54) is 98.3 Å². The van der Waals surface area contributed by atoms with Gasteiger partial charge in [-0.2, -0.15) is 0 Å². The fourth-order valence-electron chi connectivity index (χ4n) is 9.46. The summed E-state index contributed by atoms with van der Waals surface area (Å²) in [5.74, 6) is 0. The fraction of sp³-hybridized carbons (Fsp3) is 0.0612. The van der Waals surface area contributed by atoms with Crippen LogP contribution in [0.5, 0.6) is 0 Å². The normalized spacial score (nSPS) is 17.3. The Kier molecular flexibility index (Phi) is 5.64. The summed E-state index contributed by atoms with van der Waals surface area (Å²) in [6.07, 6.45) is 7.96. The fourth-order valence-corrected chi connectivity index (χ4v) is 9.46. The predicted molar refractivity (Wildman–Crippen MR) is 211 cm³/mol. The molecule has 2 aromatic heterocycles. The van der Waals surface area contributed by atoms with Gasteiger partial charge < -0.3 is 4.40 Å². The molecule has 234 valence electrons. The second kappa shape index (κ2) is 10.2. The van der Waals surface area contributed by atoms with Crippen molar-refractivity contribution in [1.82, 2.24) is 4.40 Å². The van der Waals surface area contributed by atoms with E-state index in [4.69, 9.17) is 0 Å². The molecule has 0 amide bonds. The zero-order chi connectivity index (χ0) is 33.0. The van der Waals surface area contributed by atoms with Crippen molar-refractivity contribution in [3.8, 4) is 11.1 Å². The lowest BCUT2D eigenvalue weighted by molar-refractivity contribution is 0.547. The largest absolute Gasteiger partial charge is 0.308 e. The predicted octanol–water partition coefficient (Wildman–Crippen LogP) is 11.0. The van der Waals surface area contributed by atoms with Gasteiger partial charge in [0.25, 0.3) is 0 Å². The highest BCUT2D eigenvalue weighted by Crippen LogP contribution is 2.52. The zero-order valence-electron chi connectivity index (χ0n) is 27.8. The molecule has 0 saturated heterocycles. The Labute approximate surface area is 290 Å². The Balaban J connectivity index is 1.25. The number of hydrogen-bond donors (Lipinski definition) is 0. The van der Waals surface area contributed by atoms with Gasteiger partial charge in [0.1, 0.15) is 0 Å². The van der Waals surface area contributed by atoms with E-state index >= 15 is 0 Å². The van der Waals surface area contributed by atoms with E-state index in [0.717, 1.165) is 6.42 Å². The first-order valence-electron chi connectivity index (χ1n) is 17.7. The Morgan fingerprint density at radius 1 is 0.500 bits per heavy atom. The topological polar surface area (TPSA) is 4.41 Å². The van der Waals surface area contributed by atoms with E-state index in [0.29, 0.717) is 0 Å². The lowest BCUT2D eigenvalue weighted by Crippen LogP contribution is -2.42. The highest BCUT2D eigenvalue weighted by atomic mass is 14.9. The van der Waals surface area contributed by atoms with E-state index in [1.54, 1.807) is 0 Å². The Morgan fingerprint density at radius 3 is 1.96 bits per heavy atom. The van der Waals surface area contributed by atoms with Crippen LogP contribution in [0.4, 0.5) is 0 Å². The highest BCUT2D eigenvalue weighted by molar-refractivity contribution is 6.23. The summed E-state index contributed by atoms with van der Waals surface area (Å²) in [6, 6.07) is 56.4. The molecule has 0 N–H and O–H groups in total. The van der Waals surface area contributed by atoms with Crippen molar-refractivity contribution in [2.24, 2.45) is 5.41 Å². The molecule has 11 rings (SSSR count). The minimum absolute atomic E-state index is 0.217. The molecule has 2 heterocycles. The molecular weight excluding hydrogens is 603 g/mol. The van der Waals surface area contributed by atoms with Gasteiger partial charge in [-0.15, -0.1) is 0 Å². The molecule has 0 radical (unpaired) electrons. The van der Waals surface area contributed by atoms with Crippen LogP contribution >= 0.6 is 0 Å². The lowest BCUT2D eigenvalue weighted by atomic mass is 9.62. The van der Waals surface area contributed by atoms with E-state index < -0.39 is 0 Å². The molecular formula is C49H33N. The van der Waals surface area contributed by atoms with Crippen LogP contribution in [-0.4, -0.2) is 4.40 Å². The summed E-state index contributed by atoms with van der Waals surface area (Å²) in [6.45, 7) is 2.47. The number of nitrogens with zero attached hydrogens (tertiary/aromatic N) is 1. The number of aromatic nitrogens is 1. The Morgan fingerprint density at radius 2 is 1.14 bits per heavy atom. The number of benzene rings is 7. The van der Waals surface area contributed by atoms with Crippen molar-refractivity contribution in [1.29, 1.82) is 0 Å². The molecule has 1 unspecified atom stereocenters. The third-order valence-corrected chi connectivity index (χ3v) is 11.6. The van der Waals surface area contributed by atoms with Crippen molar-refractivity contribution in [2.75, 3.05) is 0 Å². The molecule has 2 aliphatic carbocycles. The molecule has 0 fully saturated rings. The summed E-state index contributed by atoms with van der Waals surface area (Å²) in [7, 11) is 0. The van der Waals surface area contributed by atoms with Gasteiger partial charge in [0.15, 0.2) is 0 Å². The molecule has 7 aromatic carbocycles. The van der Waals surface area contributed by atoms with Crippen LogP contribution in [0.1, 0.15) is 24.5 Å². The van der Waals surface area contributed by atoms with Gasteiger partial charge in [0.05, 0.1) is 16.6 Å². The van der Waals surface area contributed by atoms with Crippen LogP contribution in [0.15, 0.2) is 175 Å². The Bertz CT molecular complexity index is 3060. The second-order valence-corrected chi connectivity index (χ2v) is 14.2. The molecule has 0 saturated carbocycles. The van der Waals surface area contributed by atoms with E-state index in [2.05, 4.69) is 181 Å². The first-order valence-corrected chi connectivity index (χ1v) is 17.7. The van der Waals surface area contributed by atoms with E-state index in [1.807, 2.05) is 0 Å². The summed E-state index contributed by atoms with van der Waals surface area (Å²) in [5, 5.41) is 10.5. The maximum absolute atomic E-state index is 2.51. The van der Waals surface area contributed by atoms with Crippen LogP contribution < -0.4 is 10.4 Å². The number of hydrogen-bond acceptors (Lipinski definition) is 0. The Hall–Kier alpha value is -6.18. The molecule has 1 heteroatoms. The lowest BCUT2D eigenvalue weighted by Gasteiger charge is -2.41. The second-order valence-electron chi connectivity index (χ2n) is 14.2. The van der Waals surface area contributed by atoms with E-state index in [9.17, 15) is 0 Å². The minimum atomic E-state index is -0.217. The first-order chi connectivity index (χ1) is 24.7. The van der Waals surface area contributed by atoms with Crippen molar-refractivity contribution < 1.29 is 0 Å². The molecule has 0 spiro atoms. The van der Waals surface area contributed by atoms with Crippen molar-refractivity contribution in [3.63, 3.8) is 0 Å². The monoisotopic (exact) mass is 635 g/mol. The average Bonchev–Trinajstić information content (AvgIpc) is 3.69. The first kappa shape index (κ1) is 27.7. The number of rotatable bonds is 3. The third kappa shape index (κ3) is 3.62. The molecule has 1 atom stereocenters. The van der Waals surface area contributed by atoms with Gasteiger partial charge in [0, 0.05) is 27.0 Å². The van der Waals surface area contributed by atoms with Crippen molar-refractivity contribution in [3.05, 3.63) is 197 Å². The van der Waals surface area contributed by atoms with Gasteiger partial charge in [-0.05, 0) is 78.7 Å². The maximum atomic E-state index is 2.51. The van der Waals surface area contributed by atoms with Crippen LogP contribution in [0.25, 0.3) is 71.1 Å². The number of para-hydroxylation sites is 2. The van der Waals surface area contributed by atoms with Crippen molar-refractivity contribution >= 4 is 60.0 Å². The van der Waals surface area contributed by atoms with Gasteiger partial charge in [-0.25, -0.2) is 0 Å². The molecule has 2 aliphatic rings. The van der Waals surface area contributed by atoms with Crippen LogP contribution in [0.2, 0.25) is 0 Å². The summed E-state index contributed by atoms with van der Waals surface area (Å²) in [4.78, 5) is 0. The van der Waals surface area contributed by atoms with Crippen molar-refractivity contribution in [2.45, 2.75) is 13.3 Å². The summed E-state index contributed by atoms with van der Waals surface area (Å²) in [5.41, 5.74) is 12.9. The van der Waals surface area contributed by atoms with E-state index in [-0.39, 0.29) is 5.41 Å². The SMILES string of the molecule is CC12CC=CC=C1C(c1ccc(-c3ccccc3)c3ccccc13)=c1ccccc1=C2c1ccc2c3cccc4c5ccccc5n(c2c1)c43. The quantitative estimate of drug-likeness (QED) is 0.182. The minimum Gasteiger partial charge on any atom is -0.308 e. The third-order valence-electron chi connectivity index (χ3n) is 11.6. The van der Waals surface area contributed by atoms with Gasteiger partial charge >= 0.3 is 0 Å². The van der Waals surface area contributed by atoms with Crippen LogP contribution in [0, 0.1) is 5.41 Å². The molecule has 0 bridgehead atoms. The summed E-state index contributed by atoms with van der Waals surface area (Å²) < 4.78 is 2.51.